The van der Waals surface area contributed by atoms with Gasteiger partial charge in [0.1, 0.15) is 0 Å². The number of nitrogens with zero attached hydrogens (tertiary/aromatic N) is 2. The van der Waals surface area contributed by atoms with E-state index in [0.29, 0.717) is 13.0 Å². The van der Waals surface area contributed by atoms with Crippen molar-refractivity contribution in [3.63, 3.8) is 0 Å². The Morgan fingerprint density at radius 1 is 0.857 bits per heavy atom. The molecule has 0 aliphatic carbocycles. The molecule has 2 aromatic heterocycles. The monoisotopic (exact) mass is 399 g/mol. The molecule has 0 aliphatic rings. The van der Waals surface area contributed by atoms with Crippen molar-refractivity contribution in [3.8, 4) is 11.5 Å². The largest absolute Gasteiger partial charge is 0.419 e. The Morgan fingerprint density at radius 3 is 1.93 bits per heavy atom. The minimum atomic E-state index is -0.605. The maximum absolute atomic E-state index is 12.4. The molecule has 144 valence electrons. The summed E-state index contributed by atoms with van der Waals surface area (Å²) in [7, 11) is 0. The highest BCUT2D eigenvalue weighted by Gasteiger charge is 2.17. The molecule has 0 bridgehead atoms. The molecular formula is C20H18ClN3O4. The molecule has 0 unspecified atom stereocenters. The van der Waals surface area contributed by atoms with E-state index in [0.717, 1.165) is 5.56 Å². The smallest absolute Gasteiger partial charge is 0.345 e. The quantitative estimate of drug-likeness (QED) is 0.502. The average molecular weight is 400 g/mol. The van der Waals surface area contributed by atoms with E-state index in [1.165, 1.54) is 12.4 Å². The van der Waals surface area contributed by atoms with Crippen LogP contribution in [0, 0.1) is 0 Å². The molecule has 3 aromatic rings. The number of nitrogens with two attached hydrogens (primary N) is 1. The number of benzene rings is 1. The van der Waals surface area contributed by atoms with E-state index in [2.05, 4.69) is 9.97 Å². The van der Waals surface area contributed by atoms with Gasteiger partial charge in [-0.1, -0.05) is 6.07 Å². The van der Waals surface area contributed by atoms with Crippen LogP contribution in [0.1, 0.15) is 26.3 Å². The number of esters is 2. The summed E-state index contributed by atoms with van der Waals surface area (Å²) in [6, 6.07) is 11.4. The number of halogens is 1. The molecule has 28 heavy (non-hydrogen) atoms. The van der Waals surface area contributed by atoms with Gasteiger partial charge in [-0.15, -0.1) is 12.4 Å². The fourth-order valence-corrected chi connectivity index (χ4v) is 2.32. The van der Waals surface area contributed by atoms with E-state index < -0.39 is 11.9 Å². The van der Waals surface area contributed by atoms with Crippen LogP contribution in [0.4, 0.5) is 0 Å². The molecule has 0 amide bonds. The summed E-state index contributed by atoms with van der Waals surface area (Å²) in [4.78, 5) is 32.4. The SMILES string of the molecule is Cl.NCCc1ccc(OC(=O)c2cccnc2)c(OC(=O)c2cccnc2)c1. The number of aromatic nitrogens is 2. The van der Waals surface area contributed by atoms with Gasteiger partial charge < -0.3 is 15.2 Å². The summed E-state index contributed by atoms with van der Waals surface area (Å²) in [5.41, 5.74) is 7.01. The zero-order chi connectivity index (χ0) is 19.1. The van der Waals surface area contributed by atoms with Crippen LogP contribution >= 0.6 is 12.4 Å². The van der Waals surface area contributed by atoms with Crippen molar-refractivity contribution in [2.45, 2.75) is 6.42 Å². The first-order valence-electron chi connectivity index (χ1n) is 8.25. The molecule has 7 nitrogen and oxygen atoms in total. The van der Waals surface area contributed by atoms with Crippen molar-refractivity contribution < 1.29 is 19.1 Å². The van der Waals surface area contributed by atoms with Crippen LogP contribution in [0.2, 0.25) is 0 Å². The molecule has 8 heteroatoms. The normalized spacial score (nSPS) is 9.89. The molecule has 0 fully saturated rings. The van der Waals surface area contributed by atoms with Crippen LogP contribution in [0.3, 0.4) is 0 Å². The van der Waals surface area contributed by atoms with E-state index in [1.807, 2.05) is 0 Å². The van der Waals surface area contributed by atoms with Crippen LogP contribution in [0.25, 0.3) is 0 Å². The van der Waals surface area contributed by atoms with Gasteiger partial charge in [0.05, 0.1) is 11.1 Å². The third kappa shape index (κ3) is 5.35. The second kappa shape index (κ2) is 10.1. The molecule has 0 atom stereocenters. The van der Waals surface area contributed by atoms with Crippen molar-refractivity contribution >= 4 is 24.3 Å². The molecule has 3 rings (SSSR count). The van der Waals surface area contributed by atoms with Crippen molar-refractivity contribution in [2.24, 2.45) is 5.73 Å². The molecule has 0 aliphatic heterocycles. The van der Waals surface area contributed by atoms with Crippen molar-refractivity contribution in [1.29, 1.82) is 0 Å². The molecule has 1 aromatic carbocycles. The molecule has 2 N–H and O–H groups in total. The number of ether oxygens (including phenoxy) is 2. The molecule has 0 saturated heterocycles. The highest BCUT2D eigenvalue weighted by molar-refractivity contribution is 5.92. The highest BCUT2D eigenvalue weighted by Crippen LogP contribution is 2.30. The standard InChI is InChI=1S/C20H17N3O4.ClH/c21-8-7-14-5-6-17(26-19(24)15-3-1-9-22-12-15)18(11-14)27-20(25)16-4-2-10-23-13-16;/h1-6,9-13H,7-8,21H2;1H. The fourth-order valence-electron chi connectivity index (χ4n) is 2.32. The Morgan fingerprint density at radius 2 is 1.43 bits per heavy atom. The summed E-state index contributed by atoms with van der Waals surface area (Å²) >= 11 is 0. The Bertz CT molecular complexity index is 937. The number of carbonyl (C=O) groups excluding carboxylic acids is 2. The average Bonchev–Trinajstić information content (AvgIpc) is 2.71. The van der Waals surface area contributed by atoms with Crippen molar-refractivity contribution in [1.82, 2.24) is 9.97 Å². The fraction of sp³-hybridized carbons (Fsp3) is 0.100. The first-order chi connectivity index (χ1) is 13.2. The number of hydrogen-bond acceptors (Lipinski definition) is 7. The zero-order valence-corrected chi connectivity index (χ0v) is 15.6. The summed E-state index contributed by atoms with van der Waals surface area (Å²) in [6.45, 7) is 0.435. The van der Waals surface area contributed by atoms with Gasteiger partial charge in [-0.2, -0.15) is 0 Å². The number of carbonyl (C=O) groups is 2. The first kappa shape index (κ1) is 21.0. The highest BCUT2D eigenvalue weighted by atomic mass is 35.5. The van der Waals surface area contributed by atoms with Gasteiger partial charge in [-0.3, -0.25) is 9.97 Å². The van der Waals surface area contributed by atoms with E-state index in [4.69, 9.17) is 15.2 Å². The maximum atomic E-state index is 12.4. The third-order valence-corrected chi connectivity index (χ3v) is 3.64. The predicted molar refractivity (Wildman–Crippen MR) is 105 cm³/mol. The van der Waals surface area contributed by atoms with E-state index >= 15 is 0 Å². The van der Waals surface area contributed by atoms with Gasteiger partial charge in [-0.05, 0) is 54.9 Å². The van der Waals surface area contributed by atoms with Crippen LogP contribution in [-0.2, 0) is 6.42 Å². The van der Waals surface area contributed by atoms with Crippen LogP contribution in [0.5, 0.6) is 11.5 Å². The van der Waals surface area contributed by atoms with E-state index in [-0.39, 0.29) is 35.0 Å². The lowest BCUT2D eigenvalue weighted by molar-refractivity contribution is 0.0681. The summed E-state index contributed by atoms with van der Waals surface area (Å²) in [6.07, 6.45) is 6.49. The third-order valence-electron chi connectivity index (χ3n) is 3.64. The molecule has 2 heterocycles. The van der Waals surface area contributed by atoms with E-state index in [1.54, 1.807) is 54.9 Å². The molecular weight excluding hydrogens is 382 g/mol. The first-order valence-corrected chi connectivity index (χ1v) is 8.25. The maximum Gasteiger partial charge on any atom is 0.345 e. The van der Waals surface area contributed by atoms with Gasteiger partial charge in [0.2, 0.25) is 0 Å². The molecule has 0 saturated carbocycles. The Hall–Kier alpha value is -3.29. The lowest BCUT2D eigenvalue weighted by Gasteiger charge is -2.12. The topological polar surface area (TPSA) is 104 Å². The zero-order valence-electron chi connectivity index (χ0n) is 14.8. The van der Waals surface area contributed by atoms with Crippen LogP contribution in [-0.4, -0.2) is 28.5 Å². The van der Waals surface area contributed by atoms with Crippen LogP contribution < -0.4 is 15.2 Å². The predicted octanol–water partition coefficient (Wildman–Crippen LogP) is 2.84. The van der Waals surface area contributed by atoms with Crippen molar-refractivity contribution in [2.75, 3.05) is 6.54 Å². The van der Waals surface area contributed by atoms with E-state index in [9.17, 15) is 9.59 Å². The van der Waals surface area contributed by atoms with Gasteiger partial charge >= 0.3 is 11.9 Å². The van der Waals surface area contributed by atoms with Gasteiger partial charge in [0, 0.05) is 24.8 Å². The second-order valence-electron chi connectivity index (χ2n) is 5.58. The number of rotatable bonds is 6. The number of pyridine rings is 2. The summed E-state index contributed by atoms with van der Waals surface area (Å²) in [5, 5.41) is 0. The molecule has 0 spiro atoms. The lowest BCUT2D eigenvalue weighted by atomic mass is 10.1. The second-order valence-corrected chi connectivity index (χ2v) is 5.58. The van der Waals surface area contributed by atoms with Gasteiger partial charge in [-0.25, -0.2) is 9.59 Å². The Balaban J connectivity index is 0.00000280. The minimum Gasteiger partial charge on any atom is -0.419 e. The minimum absolute atomic E-state index is 0. The number of hydrogen-bond donors (Lipinski definition) is 1. The summed E-state index contributed by atoms with van der Waals surface area (Å²) in [5.74, 6) is -0.950. The molecule has 0 radical (unpaired) electrons. The Kier molecular flexibility index (Phi) is 7.62. The Labute approximate surface area is 167 Å². The van der Waals surface area contributed by atoms with Crippen molar-refractivity contribution in [3.05, 3.63) is 83.9 Å². The summed E-state index contributed by atoms with van der Waals surface area (Å²) < 4.78 is 10.8. The van der Waals surface area contributed by atoms with Gasteiger partial charge in [0.25, 0.3) is 0 Å². The van der Waals surface area contributed by atoms with Gasteiger partial charge in [0.15, 0.2) is 11.5 Å². The lowest BCUT2D eigenvalue weighted by Crippen LogP contribution is -2.13. The van der Waals surface area contributed by atoms with Crippen LogP contribution in [0.15, 0.2) is 67.3 Å².